The highest BCUT2D eigenvalue weighted by Crippen LogP contribution is 2.19. The zero-order valence-electron chi connectivity index (χ0n) is 12.7. The number of rotatable bonds is 7. The number of fused-ring (bicyclic) bond motifs is 1. The van der Waals surface area contributed by atoms with Crippen molar-refractivity contribution in [2.45, 2.75) is 39.6 Å². The van der Waals surface area contributed by atoms with Crippen LogP contribution in [-0.4, -0.2) is 34.1 Å². The van der Waals surface area contributed by atoms with Gasteiger partial charge in [0.25, 0.3) is 0 Å². The normalized spacial score (nSPS) is 11.7. The number of halogens is 1. The van der Waals surface area contributed by atoms with Gasteiger partial charge in [0, 0.05) is 13.1 Å². The molecule has 0 atom stereocenters. The molecule has 2 aromatic rings. The van der Waals surface area contributed by atoms with Crippen molar-refractivity contribution in [3.05, 3.63) is 29.6 Å². The number of aryl methyl sites for hydroxylation is 1. The lowest BCUT2D eigenvalue weighted by atomic mass is 10.2. The first-order valence-corrected chi connectivity index (χ1v) is 7.97. The Morgan fingerprint density at radius 2 is 2.05 bits per heavy atom. The van der Waals surface area contributed by atoms with Gasteiger partial charge in [-0.1, -0.05) is 19.9 Å². The molecule has 0 aliphatic heterocycles. The Kier molecular flexibility index (Phi) is 5.44. The van der Waals surface area contributed by atoms with Gasteiger partial charge in [0.05, 0.1) is 16.9 Å². The number of nitrogens with zero attached hydrogens (tertiary/aromatic N) is 3. The molecule has 0 radical (unpaired) electrons. The summed E-state index contributed by atoms with van der Waals surface area (Å²) in [5.74, 6) is 1.44. The lowest BCUT2D eigenvalue weighted by Crippen LogP contribution is -2.28. The van der Waals surface area contributed by atoms with Crippen molar-refractivity contribution in [1.82, 2.24) is 14.5 Å². The Hall–Kier alpha value is -1.06. The van der Waals surface area contributed by atoms with Gasteiger partial charge in [-0.25, -0.2) is 4.98 Å². The summed E-state index contributed by atoms with van der Waals surface area (Å²) >= 11 is 6.06. The molecular formula is C16H24ClN3. The maximum atomic E-state index is 6.06. The zero-order valence-corrected chi connectivity index (χ0v) is 13.5. The standard InChI is InChI=1S/C16H24ClN3/c1-4-8-19(5-2)9-10-20-15-11-13(3)6-7-14(15)18-16(20)12-17/h6-7,11H,4-5,8-10,12H2,1-3H3. The summed E-state index contributed by atoms with van der Waals surface area (Å²) in [6, 6.07) is 6.39. The third-order valence-corrected chi connectivity index (χ3v) is 3.97. The number of hydrogen-bond acceptors (Lipinski definition) is 2. The number of alkyl halides is 1. The van der Waals surface area contributed by atoms with Crippen molar-refractivity contribution in [3.8, 4) is 0 Å². The van der Waals surface area contributed by atoms with E-state index >= 15 is 0 Å². The second kappa shape index (κ2) is 7.09. The van der Waals surface area contributed by atoms with Gasteiger partial charge in [0.15, 0.2) is 0 Å². The van der Waals surface area contributed by atoms with Crippen molar-refractivity contribution < 1.29 is 0 Å². The zero-order chi connectivity index (χ0) is 14.5. The first-order chi connectivity index (χ1) is 9.69. The fraction of sp³-hybridized carbons (Fsp3) is 0.562. The molecule has 0 aliphatic carbocycles. The maximum absolute atomic E-state index is 6.06. The molecule has 0 bridgehead atoms. The van der Waals surface area contributed by atoms with Crippen molar-refractivity contribution in [3.63, 3.8) is 0 Å². The second-order valence-electron chi connectivity index (χ2n) is 5.24. The van der Waals surface area contributed by atoms with E-state index in [1.165, 1.54) is 17.5 Å². The summed E-state index contributed by atoms with van der Waals surface area (Å²) in [5.41, 5.74) is 3.51. The molecule has 0 N–H and O–H groups in total. The largest absolute Gasteiger partial charge is 0.326 e. The molecule has 20 heavy (non-hydrogen) atoms. The Balaban J connectivity index is 2.25. The van der Waals surface area contributed by atoms with Crippen LogP contribution in [0.3, 0.4) is 0 Å². The number of benzene rings is 1. The number of hydrogen-bond donors (Lipinski definition) is 0. The minimum atomic E-state index is 0.466. The Labute approximate surface area is 126 Å². The summed E-state index contributed by atoms with van der Waals surface area (Å²) in [7, 11) is 0. The van der Waals surface area contributed by atoms with Crippen LogP contribution >= 0.6 is 11.6 Å². The molecule has 110 valence electrons. The fourth-order valence-corrected chi connectivity index (χ4v) is 2.82. The summed E-state index contributed by atoms with van der Waals surface area (Å²) in [4.78, 5) is 7.11. The van der Waals surface area contributed by atoms with Gasteiger partial charge in [-0.05, 0) is 44.1 Å². The van der Waals surface area contributed by atoms with Crippen molar-refractivity contribution in [2.75, 3.05) is 19.6 Å². The molecule has 0 spiro atoms. The quantitative estimate of drug-likeness (QED) is 0.724. The maximum Gasteiger partial charge on any atom is 0.124 e. The van der Waals surface area contributed by atoms with E-state index in [-0.39, 0.29) is 0 Å². The molecule has 2 rings (SSSR count). The fourth-order valence-electron chi connectivity index (χ4n) is 2.62. The number of aromatic nitrogens is 2. The first kappa shape index (κ1) is 15.3. The van der Waals surface area contributed by atoms with Crippen molar-refractivity contribution in [2.24, 2.45) is 0 Å². The predicted molar refractivity (Wildman–Crippen MR) is 86.4 cm³/mol. The molecule has 1 aromatic carbocycles. The minimum absolute atomic E-state index is 0.466. The van der Waals surface area contributed by atoms with Crippen LogP contribution in [0.25, 0.3) is 11.0 Å². The molecular weight excluding hydrogens is 270 g/mol. The topological polar surface area (TPSA) is 21.1 Å². The molecule has 0 fully saturated rings. The van der Waals surface area contributed by atoms with E-state index in [2.05, 4.69) is 53.4 Å². The van der Waals surface area contributed by atoms with Gasteiger partial charge in [-0.15, -0.1) is 11.6 Å². The lowest BCUT2D eigenvalue weighted by Gasteiger charge is -2.20. The van der Waals surface area contributed by atoms with Crippen LogP contribution in [0.4, 0.5) is 0 Å². The van der Waals surface area contributed by atoms with Crippen LogP contribution in [0.2, 0.25) is 0 Å². The van der Waals surface area contributed by atoms with Gasteiger partial charge in [0.2, 0.25) is 0 Å². The van der Waals surface area contributed by atoms with Crippen LogP contribution in [0.15, 0.2) is 18.2 Å². The van der Waals surface area contributed by atoms with E-state index in [4.69, 9.17) is 11.6 Å². The Morgan fingerprint density at radius 1 is 1.25 bits per heavy atom. The van der Waals surface area contributed by atoms with Gasteiger partial charge in [-0.3, -0.25) is 0 Å². The van der Waals surface area contributed by atoms with Crippen LogP contribution in [0, 0.1) is 6.92 Å². The van der Waals surface area contributed by atoms with E-state index in [0.29, 0.717) is 5.88 Å². The first-order valence-electron chi connectivity index (χ1n) is 7.43. The van der Waals surface area contributed by atoms with Crippen molar-refractivity contribution >= 4 is 22.6 Å². The van der Waals surface area contributed by atoms with E-state index in [0.717, 1.165) is 37.5 Å². The molecule has 1 heterocycles. The average Bonchev–Trinajstić information content (AvgIpc) is 2.80. The smallest absolute Gasteiger partial charge is 0.124 e. The highest BCUT2D eigenvalue weighted by atomic mass is 35.5. The molecule has 3 nitrogen and oxygen atoms in total. The van der Waals surface area contributed by atoms with Crippen LogP contribution < -0.4 is 0 Å². The summed E-state index contributed by atoms with van der Waals surface area (Å²) in [6.07, 6.45) is 1.19. The molecule has 0 unspecified atom stereocenters. The summed E-state index contributed by atoms with van der Waals surface area (Å²) in [6.45, 7) is 10.8. The Bertz CT molecular complexity index is 562. The monoisotopic (exact) mass is 293 g/mol. The van der Waals surface area contributed by atoms with E-state index in [1.807, 2.05) is 0 Å². The van der Waals surface area contributed by atoms with Crippen LogP contribution in [-0.2, 0) is 12.4 Å². The second-order valence-corrected chi connectivity index (χ2v) is 5.51. The highest BCUT2D eigenvalue weighted by molar-refractivity contribution is 6.16. The molecule has 0 saturated heterocycles. The predicted octanol–water partition coefficient (Wildman–Crippen LogP) is 3.82. The molecule has 4 heteroatoms. The molecule has 0 amide bonds. The number of imidazole rings is 1. The van der Waals surface area contributed by atoms with Gasteiger partial charge < -0.3 is 9.47 Å². The molecule has 0 aliphatic rings. The minimum Gasteiger partial charge on any atom is -0.326 e. The van der Waals surface area contributed by atoms with Crippen LogP contribution in [0.5, 0.6) is 0 Å². The lowest BCUT2D eigenvalue weighted by molar-refractivity contribution is 0.277. The highest BCUT2D eigenvalue weighted by Gasteiger charge is 2.11. The molecule has 0 saturated carbocycles. The molecule has 1 aromatic heterocycles. The number of likely N-dealkylation sites (N-methyl/N-ethyl adjacent to an activating group) is 1. The third-order valence-electron chi connectivity index (χ3n) is 3.73. The SMILES string of the molecule is CCCN(CC)CCn1c(CCl)nc2ccc(C)cc21. The average molecular weight is 294 g/mol. The third kappa shape index (κ3) is 3.33. The summed E-state index contributed by atoms with van der Waals surface area (Å²) < 4.78 is 2.27. The van der Waals surface area contributed by atoms with Crippen LogP contribution in [0.1, 0.15) is 31.7 Å². The van der Waals surface area contributed by atoms with Gasteiger partial charge >= 0.3 is 0 Å². The van der Waals surface area contributed by atoms with E-state index < -0.39 is 0 Å². The Morgan fingerprint density at radius 3 is 2.70 bits per heavy atom. The van der Waals surface area contributed by atoms with Crippen molar-refractivity contribution in [1.29, 1.82) is 0 Å². The van der Waals surface area contributed by atoms with E-state index in [1.54, 1.807) is 0 Å². The van der Waals surface area contributed by atoms with E-state index in [9.17, 15) is 0 Å². The summed E-state index contributed by atoms with van der Waals surface area (Å²) in [5, 5.41) is 0. The van der Waals surface area contributed by atoms with Gasteiger partial charge in [-0.2, -0.15) is 0 Å². The van der Waals surface area contributed by atoms with Gasteiger partial charge in [0.1, 0.15) is 5.82 Å².